The van der Waals surface area contributed by atoms with Crippen molar-refractivity contribution in [2.45, 2.75) is 25.7 Å². The first-order valence-electron chi connectivity index (χ1n) is 7.07. The molecule has 0 saturated carbocycles. The van der Waals surface area contributed by atoms with Crippen molar-refractivity contribution in [1.82, 2.24) is 10.9 Å². The van der Waals surface area contributed by atoms with Crippen LogP contribution in [0.3, 0.4) is 0 Å². The second-order valence-electron chi connectivity index (χ2n) is 5.18. The molecule has 1 aliphatic carbocycles. The van der Waals surface area contributed by atoms with Crippen molar-refractivity contribution < 1.29 is 9.59 Å². The highest BCUT2D eigenvalue weighted by Crippen LogP contribution is 2.30. The molecule has 1 aromatic carbocycles. The van der Waals surface area contributed by atoms with Crippen LogP contribution in [0, 0.1) is 0 Å². The molecule has 0 aliphatic heterocycles. The fourth-order valence-corrected chi connectivity index (χ4v) is 3.84. The molecule has 3 rings (SSSR count). The van der Waals surface area contributed by atoms with Gasteiger partial charge in [-0.3, -0.25) is 20.4 Å². The van der Waals surface area contributed by atoms with Gasteiger partial charge < -0.3 is 0 Å². The van der Waals surface area contributed by atoms with E-state index in [0.29, 0.717) is 9.90 Å². The number of hydrogen-bond donors (Lipinski definition) is 2. The number of amides is 2. The molecule has 0 unspecified atom stereocenters. The molecule has 0 radical (unpaired) electrons. The Morgan fingerprint density at radius 2 is 2.00 bits per heavy atom. The minimum Gasteiger partial charge on any atom is -0.273 e. The van der Waals surface area contributed by atoms with E-state index >= 15 is 0 Å². The molecular formula is C16H15ClN2O2S. The van der Waals surface area contributed by atoms with Crippen molar-refractivity contribution in [3.8, 4) is 0 Å². The second kappa shape index (κ2) is 6.50. The third-order valence-electron chi connectivity index (χ3n) is 3.59. The Kier molecular flexibility index (Phi) is 4.45. The molecule has 6 heteroatoms. The van der Waals surface area contributed by atoms with E-state index in [4.69, 9.17) is 11.6 Å². The van der Waals surface area contributed by atoms with Crippen LogP contribution in [0.15, 0.2) is 30.3 Å². The van der Waals surface area contributed by atoms with Gasteiger partial charge in [0.05, 0.1) is 11.3 Å². The van der Waals surface area contributed by atoms with Crippen LogP contribution in [0.1, 0.15) is 32.1 Å². The Labute approximate surface area is 137 Å². The van der Waals surface area contributed by atoms with E-state index in [1.807, 2.05) is 18.2 Å². The van der Waals surface area contributed by atoms with Crippen molar-refractivity contribution >= 4 is 34.8 Å². The molecule has 22 heavy (non-hydrogen) atoms. The molecule has 0 bridgehead atoms. The average molecular weight is 335 g/mol. The van der Waals surface area contributed by atoms with Gasteiger partial charge >= 0.3 is 0 Å². The number of nitrogens with one attached hydrogen (secondary N) is 2. The summed E-state index contributed by atoms with van der Waals surface area (Å²) >= 11 is 7.51. The predicted molar refractivity (Wildman–Crippen MR) is 87.1 cm³/mol. The van der Waals surface area contributed by atoms with Crippen LogP contribution in [0.5, 0.6) is 0 Å². The van der Waals surface area contributed by atoms with Gasteiger partial charge in [-0.15, -0.1) is 11.3 Å². The normalized spacial score (nSPS) is 12.8. The molecule has 1 aliphatic rings. The van der Waals surface area contributed by atoms with Gasteiger partial charge in [0, 0.05) is 9.90 Å². The highest BCUT2D eigenvalue weighted by Gasteiger charge is 2.18. The van der Waals surface area contributed by atoms with Gasteiger partial charge in [-0.05, 0) is 42.5 Å². The quantitative estimate of drug-likeness (QED) is 0.848. The predicted octanol–water partition coefficient (Wildman–Crippen LogP) is 2.89. The van der Waals surface area contributed by atoms with Crippen LogP contribution in [0.4, 0.5) is 0 Å². The fraction of sp³-hybridized carbons (Fsp3) is 0.250. The minimum absolute atomic E-state index is 0.126. The Morgan fingerprint density at radius 3 is 2.77 bits per heavy atom. The largest absolute Gasteiger partial charge is 0.279 e. The smallest absolute Gasteiger partial charge is 0.273 e. The van der Waals surface area contributed by atoms with Crippen molar-refractivity contribution in [1.29, 1.82) is 0 Å². The van der Waals surface area contributed by atoms with E-state index in [1.54, 1.807) is 12.1 Å². The molecule has 1 heterocycles. The molecule has 2 N–H and O–H groups in total. The maximum Gasteiger partial charge on any atom is 0.279 e. The van der Waals surface area contributed by atoms with Crippen molar-refractivity contribution in [2.24, 2.45) is 0 Å². The minimum atomic E-state index is -0.300. The van der Waals surface area contributed by atoms with Crippen molar-refractivity contribution in [3.63, 3.8) is 0 Å². The van der Waals surface area contributed by atoms with E-state index in [0.717, 1.165) is 24.8 Å². The number of halogens is 1. The number of carbonyl (C=O) groups excluding carboxylic acids is 2. The van der Waals surface area contributed by atoms with E-state index in [-0.39, 0.29) is 18.2 Å². The molecule has 0 spiro atoms. The van der Waals surface area contributed by atoms with Crippen LogP contribution in [-0.4, -0.2) is 11.8 Å². The summed E-state index contributed by atoms with van der Waals surface area (Å²) in [6, 6.07) is 9.06. The Bertz CT molecular complexity index is 705. The van der Waals surface area contributed by atoms with Gasteiger partial charge in [0.1, 0.15) is 0 Å². The molecule has 0 fully saturated rings. The first-order chi connectivity index (χ1) is 10.6. The third-order valence-corrected chi connectivity index (χ3v) is 5.20. The van der Waals surface area contributed by atoms with Crippen LogP contribution in [0.25, 0.3) is 0 Å². The van der Waals surface area contributed by atoms with Gasteiger partial charge in [-0.1, -0.05) is 29.8 Å². The average Bonchev–Trinajstić information content (AvgIpc) is 3.08. The molecular weight excluding hydrogens is 320 g/mol. The molecule has 114 valence electrons. The molecule has 0 saturated heterocycles. The number of thiophene rings is 1. The first kappa shape index (κ1) is 15.1. The van der Waals surface area contributed by atoms with Crippen LogP contribution >= 0.6 is 22.9 Å². The number of carbonyl (C=O) groups is 2. The maximum atomic E-state index is 12.0. The number of hydrogen-bond acceptors (Lipinski definition) is 3. The summed E-state index contributed by atoms with van der Waals surface area (Å²) in [5.41, 5.74) is 6.88. The lowest BCUT2D eigenvalue weighted by atomic mass is 10.1. The van der Waals surface area contributed by atoms with Crippen LogP contribution in [0.2, 0.25) is 5.02 Å². The Hall–Kier alpha value is -1.85. The summed E-state index contributed by atoms with van der Waals surface area (Å²) in [4.78, 5) is 25.8. The zero-order valence-corrected chi connectivity index (χ0v) is 13.4. The van der Waals surface area contributed by atoms with E-state index in [1.165, 1.54) is 21.8 Å². The Morgan fingerprint density at radius 1 is 1.18 bits per heavy atom. The second-order valence-corrected chi connectivity index (χ2v) is 6.73. The van der Waals surface area contributed by atoms with E-state index in [2.05, 4.69) is 10.9 Å². The number of benzene rings is 1. The SMILES string of the molecule is O=C(Cc1ccccc1Cl)NNC(=O)c1cc2c(s1)CCC2. The zero-order valence-electron chi connectivity index (χ0n) is 11.8. The van der Waals surface area contributed by atoms with Gasteiger partial charge in [0.25, 0.3) is 5.91 Å². The fourth-order valence-electron chi connectivity index (χ4n) is 2.49. The molecule has 2 amide bonds. The number of hydrazine groups is 1. The standard InChI is InChI=1S/C16H15ClN2O2S/c17-12-6-2-1-4-10(12)9-15(20)18-19-16(21)14-8-11-5-3-7-13(11)22-14/h1-2,4,6,8H,3,5,7,9H2,(H,18,20)(H,19,21). The summed E-state index contributed by atoms with van der Waals surface area (Å²) in [5, 5.41) is 0.540. The topological polar surface area (TPSA) is 58.2 Å². The lowest BCUT2D eigenvalue weighted by Crippen LogP contribution is -2.42. The molecule has 0 atom stereocenters. The number of aryl methyl sites for hydroxylation is 2. The van der Waals surface area contributed by atoms with Gasteiger partial charge in [-0.2, -0.15) is 0 Å². The summed E-state index contributed by atoms with van der Waals surface area (Å²) in [6.07, 6.45) is 3.38. The summed E-state index contributed by atoms with van der Waals surface area (Å²) in [6.45, 7) is 0. The van der Waals surface area contributed by atoms with Crippen LogP contribution in [-0.2, 0) is 24.1 Å². The molecule has 2 aromatic rings. The lowest BCUT2D eigenvalue weighted by molar-refractivity contribution is -0.121. The molecule has 1 aromatic heterocycles. The summed E-state index contributed by atoms with van der Waals surface area (Å²) < 4.78 is 0. The van der Waals surface area contributed by atoms with Gasteiger partial charge in [-0.25, -0.2) is 0 Å². The highest BCUT2D eigenvalue weighted by atomic mass is 35.5. The monoisotopic (exact) mass is 334 g/mol. The number of rotatable bonds is 3. The summed E-state index contributed by atoms with van der Waals surface area (Å²) in [5.74, 6) is -0.572. The Balaban J connectivity index is 1.54. The highest BCUT2D eigenvalue weighted by molar-refractivity contribution is 7.14. The first-order valence-corrected chi connectivity index (χ1v) is 8.27. The maximum absolute atomic E-state index is 12.0. The number of fused-ring (bicyclic) bond motifs is 1. The van der Waals surface area contributed by atoms with E-state index in [9.17, 15) is 9.59 Å². The van der Waals surface area contributed by atoms with Crippen molar-refractivity contribution in [2.75, 3.05) is 0 Å². The zero-order chi connectivity index (χ0) is 15.5. The lowest BCUT2D eigenvalue weighted by Gasteiger charge is -2.07. The van der Waals surface area contributed by atoms with E-state index < -0.39 is 0 Å². The molecule has 4 nitrogen and oxygen atoms in total. The van der Waals surface area contributed by atoms with Gasteiger partial charge in [0.15, 0.2) is 0 Å². The van der Waals surface area contributed by atoms with Crippen LogP contribution < -0.4 is 10.9 Å². The van der Waals surface area contributed by atoms with Crippen molar-refractivity contribution in [3.05, 3.63) is 56.2 Å². The third kappa shape index (κ3) is 3.31. The summed E-state index contributed by atoms with van der Waals surface area (Å²) in [7, 11) is 0. The van der Waals surface area contributed by atoms with Gasteiger partial charge in [0.2, 0.25) is 5.91 Å².